The molecule has 0 aromatic heterocycles. The fraction of sp³-hybridized carbons (Fsp3) is 0.348. The number of likely N-dealkylation sites (tertiary alicyclic amines) is 1. The summed E-state index contributed by atoms with van der Waals surface area (Å²) in [5.74, 6) is 1.33. The predicted octanol–water partition coefficient (Wildman–Crippen LogP) is 2.26. The molecule has 1 heterocycles. The van der Waals surface area contributed by atoms with E-state index in [-0.39, 0.29) is 17.3 Å². The molecule has 0 bridgehead atoms. The van der Waals surface area contributed by atoms with Crippen LogP contribution in [0.25, 0.3) is 0 Å². The number of carbonyl (C=O) groups excluding carboxylic acids is 1. The second-order valence-corrected chi connectivity index (χ2v) is 7.45. The van der Waals surface area contributed by atoms with Crippen LogP contribution in [0.2, 0.25) is 0 Å². The van der Waals surface area contributed by atoms with E-state index in [1.807, 2.05) is 35.2 Å². The van der Waals surface area contributed by atoms with Crippen molar-refractivity contribution in [1.82, 2.24) is 10.2 Å². The summed E-state index contributed by atoms with van der Waals surface area (Å²) >= 11 is 0. The number of guanidine groups is 1. The zero-order valence-electron chi connectivity index (χ0n) is 17.8. The Kier molecular flexibility index (Phi) is 6.98. The van der Waals surface area contributed by atoms with E-state index >= 15 is 0 Å². The fourth-order valence-electron chi connectivity index (χ4n) is 3.98. The second-order valence-electron chi connectivity index (χ2n) is 7.45. The molecular formula is C23H27N5O3. The fourth-order valence-corrected chi connectivity index (χ4v) is 3.98. The topological polar surface area (TPSA) is 113 Å². The van der Waals surface area contributed by atoms with Crippen LogP contribution in [-0.4, -0.2) is 50.6 Å². The summed E-state index contributed by atoms with van der Waals surface area (Å²) in [6.45, 7) is 1.69. The highest BCUT2D eigenvalue weighted by Crippen LogP contribution is 2.36. The summed E-state index contributed by atoms with van der Waals surface area (Å²) in [5.41, 5.74) is 7.18. The normalized spacial score (nSPS) is 15.6. The van der Waals surface area contributed by atoms with Crippen LogP contribution in [0.1, 0.15) is 28.8 Å². The number of nitrogens with zero attached hydrogens (tertiary/aromatic N) is 3. The Labute approximate surface area is 182 Å². The lowest BCUT2D eigenvalue weighted by atomic mass is 9.72. The Balaban J connectivity index is 1.84. The molecule has 8 heteroatoms. The van der Waals surface area contributed by atoms with E-state index in [0.29, 0.717) is 30.9 Å². The minimum Gasteiger partial charge on any atom is -0.497 e. The van der Waals surface area contributed by atoms with Crippen molar-refractivity contribution in [2.45, 2.75) is 18.3 Å². The minimum atomic E-state index is -0.310. The number of methoxy groups -OCH3 is 2. The Bertz CT molecular complexity index is 991. The van der Waals surface area contributed by atoms with Crippen molar-refractivity contribution in [3.05, 3.63) is 59.7 Å². The van der Waals surface area contributed by atoms with Crippen molar-refractivity contribution in [3.8, 4) is 17.7 Å². The first kappa shape index (κ1) is 22.0. The third-order valence-electron chi connectivity index (χ3n) is 5.83. The summed E-state index contributed by atoms with van der Waals surface area (Å²) in [5, 5.41) is 11.9. The van der Waals surface area contributed by atoms with E-state index in [9.17, 15) is 4.79 Å². The van der Waals surface area contributed by atoms with Crippen LogP contribution in [0.15, 0.2) is 53.5 Å². The maximum absolute atomic E-state index is 12.9. The molecule has 0 aliphatic carbocycles. The smallest absolute Gasteiger partial charge is 0.255 e. The van der Waals surface area contributed by atoms with Gasteiger partial charge in [-0.25, -0.2) is 0 Å². The minimum absolute atomic E-state index is 0.187. The highest BCUT2D eigenvalue weighted by Gasteiger charge is 2.37. The summed E-state index contributed by atoms with van der Waals surface area (Å²) in [6.07, 6.45) is 3.20. The van der Waals surface area contributed by atoms with Gasteiger partial charge in [0, 0.05) is 25.0 Å². The number of aliphatic imine (C=N–C) groups is 1. The number of nitrogens with one attached hydrogen (secondary N) is 1. The quantitative estimate of drug-likeness (QED) is 0.420. The van der Waals surface area contributed by atoms with E-state index in [2.05, 4.69) is 16.4 Å². The van der Waals surface area contributed by atoms with Gasteiger partial charge < -0.3 is 25.4 Å². The molecule has 1 aliphatic rings. The van der Waals surface area contributed by atoms with Gasteiger partial charge in [-0.3, -0.25) is 4.79 Å². The number of ether oxygens (including phenoxy) is 2. The maximum atomic E-state index is 12.9. The van der Waals surface area contributed by atoms with Gasteiger partial charge in [-0.15, -0.1) is 4.99 Å². The van der Waals surface area contributed by atoms with Crippen LogP contribution in [-0.2, 0) is 5.41 Å². The molecule has 0 radical (unpaired) electrons. The first-order valence-corrected chi connectivity index (χ1v) is 10.1. The highest BCUT2D eigenvalue weighted by molar-refractivity contribution is 5.97. The lowest BCUT2D eigenvalue weighted by Gasteiger charge is -2.42. The van der Waals surface area contributed by atoms with Crippen molar-refractivity contribution < 1.29 is 14.3 Å². The average molecular weight is 422 g/mol. The van der Waals surface area contributed by atoms with Crippen molar-refractivity contribution in [2.75, 3.05) is 33.9 Å². The predicted molar refractivity (Wildman–Crippen MR) is 118 cm³/mol. The average Bonchev–Trinajstić information content (AvgIpc) is 2.83. The molecule has 1 amide bonds. The van der Waals surface area contributed by atoms with Crippen LogP contribution in [0.5, 0.6) is 11.5 Å². The van der Waals surface area contributed by atoms with Crippen LogP contribution < -0.4 is 20.5 Å². The van der Waals surface area contributed by atoms with Crippen LogP contribution in [0.3, 0.4) is 0 Å². The Morgan fingerprint density at radius 1 is 1.19 bits per heavy atom. The Hall–Kier alpha value is -3.73. The Morgan fingerprint density at radius 3 is 2.61 bits per heavy atom. The Morgan fingerprint density at radius 2 is 1.94 bits per heavy atom. The van der Waals surface area contributed by atoms with Gasteiger partial charge in [0.05, 0.1) is 19.8 Å². The molecule has 8 nitrogen and oxygen atoms in total. The van der Waals surface area contributed by atoms with Gasteiger partial charge in [0.2, 0.25) is 12.2 Å². The summed E-state index contributed by atoms with van der Waals surface area (Å²) in [6, 6.07) is 15.1. The van der Waals surface area contributed by atoms with Gasteiger partial charge in [0.15, 0.2) is 0 Å². The van der Waals surface area contributed by atoms with E-state index in [0.717, 1.165) is 24.2 Å². The number of carbonyl (C=O) groups is 1. The number of para-hydroxylation sites is 1. The number of hydrogen-bond donors (Lipinski definition) is 2. The molecule has 2 aromatic rings. The van der Waals surface area contributed by atoms with E-state index in [1.54, 1.807) is 32.5 Å². The molecule has 1 aliphatic heterocycles. The first-order chi connectivity index (χ1) is 15.0. The molecule has 0 unspecified atom stereocenters. The van der Waals surface area contributed by atoms with Crippen LogP contribution in [0, 0.1) is 11.5 Å². The molecule has 0 spiro atoms. The molecule has 1 saturated heterocycles. The summed E-state index contributed by atoms with van der Waals surface area (Å²) in [4.78, 5) is 18.5. The number of nitrogens with two attached hydrogens (primary N) is 1. The van der Waals surface area contributed by atoms with E-state index in [4.69, 9.17) is 20.5 Å². The maximum Gasteiger partial charge on any atom is 0.255 e. The molecule has 1 fully saturated rings. The van der Waals surface area contributed by atoms with Crippen LogP contribution in [0.4, 0.5) is 0 Å². The third kappa shape index (κ3) is 4.89. The molecule has 162 valence electrons. The lowest BCUT2D eigenvalue weighted by Crippen LogP contribution is -2.51. The molecule has 31 heavy (non-hydrogen) atoms. The molecule has 2 aromatic carbocycles. The number of rotatable bonds is 6. The van der Waals surface area contributed by atoms with Gasteiger partial charge in [-0.05, 0) is 42.7 Å². The summed E-state index contributed by atoms with van der Waals surface area (Å²) < 4.78 is 10.7. The van der Waals surface area contributed by atoms with Crippen molar-refractivity contribution in [3.63, 3.8) is 0 Å². The number of nitriles is 1. The molecule has 3 N–H and O–H groups in total. The molecule has 3 rings (SSSR count). The monoisotopic (exact) mass is 421 g/mol. The van der Waals surface area contributed by atoms with Crippen LogP contribution >= 0.6 is 0 Å². The summed E-state index contributed by atoms with van der Waals surface area (Å²) in [7, 11) is 3.18. The largest absolute Gasteiger partial charge is 0.497 e. The van der Waals surface area contributed by atoms with Gasteiger partial charge in [0.1, 0.15) is 11.5 Å². The van der Waals surface area contributed by atoms with Crippen molar-refractivity contribution >= 4 is 11.9 Å². The second kappa shape index (κ2) is 9.85. The standard InChI is InChI=1S/C23H27N5O3/c1-30-18-7-5-6-17(14-18)23(10-12-28(13-11-23)22(25)27-16-24)15-26-21(29)19-8-3-4-9-20(19)31-2/h3-9,14H,10-13,15H2,1-2H3,(H2,25,27)(H,26,29). The van der Waals surface area contributed by atoms with E-state index < -0.39 is 0 Å². The zero-order chi connectivity index (χ0) is 22.3. The first-order valence-electron chi connectivity index (χ1n) is 10.1. The van der Waals surface area contributed by atoms with Crippen molar-refractivity contribution in [2.24, 2.45) is 10.7 Å². The third-order valence-corrected chi connectivity index (χ3v) is 5.83. The van der Waals surface area contributed by atoms with Crippen molar-refractivity contribution in [1.29, 1.82) is 5.26 Å². The lowest BCUT2D eigenvalue weighted by molar-refractivity contribution is 0.0929. The van der Waals surface area contributed by atoms with Gasteiger partial charge in [0.25, 0.3) is 5.91 Å². The highest BCUT2D eigenvalue weighted by atomic mass is 16.5. The number of hydrogen-bond acceptors (Lipinski definition) is 5. The zero-order valence-corrected chi connectivity index (χ0v) is 17.8. The number of benzene rings is 2. The number of amides is 1. The number of piperidine rings is 1. The molecule has 0 saturated carbocycles. The van der Waals surface area contributed by atoms with E-state index in [1.165, 1.54) is 0 Å². The molecular weight excluding hydrogens is 394 g/mol. The van der Waals surface area contributed by atoms with Gasteiger partial charge in [-0.2, -0.15) is 5.26 Å². The molecule has 0 atom stereocenters. The van der Waals surface area contributed by atoms with Gasteiger partial charge in [-0.1, -0.05) is 24.3 Å². The van der Waals surface area contributed by atoms with Gasteiger partial charge >= 0.3 is 0 Å². The SMILES string of the molecule is COc1cccc(C2(CNC(=O)c3ccccc3OC)CCN(C(N)=NC#N)CC2)c1.